The van der Waals surface area contributed by atoms with Gasteiger partial charge in [0.15, 0.2) is 14.9 Å². The molecule has 0 radical (unpaired) electrons. The highest BCUT2D eigenvalue weighted by atomic mass is 32.2. The molecule has 1 fully saturated rings. The minimum absolute atomic E-state index is 0. The standard InChI is InChI=1S/C29H31FN6O3S.C7H6O2.H2/c1-17-7-18(2)16-36(15-17)27-11-22(30)10-26(35-27)24-6-5-20-13-31-23(12-25(20)34-24)14-32-29(37)21-8-19(3)33-28(9-21)40(4,38)39;8-7(9)6-4-2-1-3-5-6;/h5-6,8-13,17-18H,7,14-16H2,1-4H3,(H,32,37);1-5H,(H,8,9);1H/t17-,18+;;. The summed E-state index contributed by atoms with van der Waals surface area (Å²) in [5.41, 5.74) is 3.12. The van der Waals surface area contributed by atoms with Gasteiger partial charge in [0.2, 0.25) is 0 Å². The molecule has 1 aliphatic rings. The van der Waals surface area contributed by atoms with Gasteiger partial charge < -0.3 is 15.3 Å². The number of sulfone groups is 1. The third-order valence-corrected chi connectivity index (χ3v) is 8.85. The van der Waals surface area contributed by atoms with E-state index in [0.29, 0.717) is 51.5 Å². The number of aromatic nitrogens is 4. The van der Waals surface area contributed by atoms with Gasteiger partial charge in [-0.05, 0) is 67.6 Å². The van der Waals surface area contributed by atoms with E-state index in [2.05, 4.69) is 34.0 Å². The number of amides is 1. The molecule has 0 unspecified atom stereocenters. The van der Waals surface area contributed by atoms with Gasteiger partial charge in [0, 0.05) is 55.7 Å². The third kappa shape index (κ3) is 9.20. The fourth-order valence-electron chi connectivity index (χ4n) is 5.74. The number of aromatic carboxylic acids is 1. The minimum Gasteiger partial charge on any atom is -0.478 e. The molecule has 256 valence electrons. The summed E-state index contributed by atoms with van der Waals surface area (Å²) in [5.74, 6) is -0.0684. The molecule has 49 heavy (non-hydrogen) atoms. The summed E-state index contributed by atoms with van der Waals surface area (Å²) in [5, 5.41) is 11.8. The molecule has 6 rings (SSSR count). The first-order valence-corrected chi connectivity index (χ1v) is 17.6. The minimum atomic E-state index is -3.56. The van der Waals surface area contributed by atoms with Crippen LogP contribution in [0.4, 0.5) is 10.2 Å². The van der Waals surface area contributed by atoms with Crippen molar-refractivity contribution in [3.05, 3.63) is 107 Å². The Morgan fingerprint density at radius 1 is 0.939 bits per heavy atom. The Morgan fingerprint density at radius 3 is 2.31 bits per heavy atom. The molecule has 1 aromatic carbocycles. The molecule has 0 aliphatic carbocycles. The molecule has 4 aromatic heterocycles. The number of aryl methyl sites for hydroxylation is 1. The molecule has 1 aliphatic heterocycles. The van der Waals surface area contributed by atoms with Crippen LogP contribution in [-0.2, 0) is 16.4 Å². The highest BCUT2D eigenvalue weighted by Gasteiger charge is 2.24. The maximum absolute atomic E-state index is 14.7. The first-order chi connectivity index (χ1) is 23.2. The van der Waals surface area contributed by atoms with Gasteiger partial charge in [-0.1, -0.05) is 32.0 Å². The van der Waals surface area contributed by atoms with Gasteiger partial charge in [-0.25, -0.2) is 32.6 Å². The maximum atomic E-state index is 14.7. The van der Waals surface area contributed by atoms with Gasteiger partial charge in [0.1, 0.15) is 11.6 Å². The Kier molecular flexibility index (Phi) is 10.6. The third-order valence-electron chi connectivity index (χ3n) is 7.88. The smallest absolute Gasteiger partial charge is 0.335 e. The van der Waals surface area contributed by atoms with Gasteiger partial charge in [-0.2, -0.15) is 0 Å². The predicted octanol–water partition coefficient (Wildman–Crippen LogP) is 5.98. The van der Waals surface area contributed by atoms with Crippen molar-refractivity contribution in [1.29, 1.82) is 0 Å². The molecule has 1 saturated heterocycles. The van der Waals surface area contributed by atoms with E-state index in [4.69, 9.17) is 15.1 Å². The van der Waals surface area contributed by atoms with Gasteiger partial charge in [0.25, 0.3) is 5.91 Å². The topological polar surface area (TPSA) is 155 Å². The highest BCUT2D eigenvalue weighted by molar-refractivity contribution is 7.90. The number of carbonyl (C=O) groups excluding carboxylic acids is 1. The van der Waals surface area contributed by atoms with Crippen molar-refractivity contribution in [1.82, 2.24) is 25.3 Å². The largest absolute Gasteiger partial charge is 0.478 e. The number of rotatable bonds is 7. The Balaban J connectivity index is 0.000000490. The summed E-state index contributed by atoms with van der Waals surface area (Å²) in [6.07, 6.45) is 3.85. The summed E-state index contributed by atoms with van der Waals surface area (Å²) in [4.78, 5) is 43.0. The van der Waals surface area contributed by atoms with E-state index >= 15 is 0 Å². The second-order valence-electron chi connectivity index (χ2n) is 12.4. The van der Waals surface area contributed by atoms with Crippen LogP contribution in [0.2, 0.25) is 0 Å². The molecule has 1 amide bonds. The van der Waals surface area contributed by atoms with Crippen molar-refractivity contribution in [2.24, 2.45) is 11.8 Å². The van der Waals surface area contributed by atoms with Crippen molar-refractivity contribution in [2.75, 3.05) is 24.2 Å². The van der Waals surface area contributed by atoms with Crippen LogP contribution in [0, 0.1) is 24.6 Å². The molecule has 0 bridgehead atoms. The fraction of sp³-hybridized carbons (Fsp3) is 0.278. The molecule has 11 nitrogen and oxygen atoms in total. The van der Waals surface area contributed by atoms with Crippen LogP contribution in [0.1, 0.15) is 53.8 Å². The number of hydrogen-bond donors (Lipinski definition) is 2. The summed E-state index contributed by atoms with van der Waals surface area (Å²) in [7, 11) is -3.56. The molecule has 5 aromatic rings. The van der Waals surface area contributed by atoms with E-state index in [0.717, 1.165) is 31.2 Å². The Bertz CT molecular complexity index is 2110. The zero-order valence-corrected chi connectivity index (χ0v) is 28.4. The molecule has 0 spiro atoms. The van der Waals surface area contributed by atoms with Crippen molar-refractivity contribution in [3.63, 3.8) is 0 Å². The fourth-order valence-corrected chi connectivity index (χ4v) is 6.39. The highest BCUT2D eigenvalue weighted by Crippen LogP contribution is 2.28. The number of carboxylic acid groups (broad SMARTS) is 1. The number of anilines is 1. The number of halogens is 1. The van der Waals surface area contributed by atoms with Crippen LogP contribution in [0.3, 0.4) is 0 Å². The number of piperidine rings is 1. The molecule has 2 N–H and O–H groups in total. The normalized spacial score (nSPS) is 16.1. The van der Waals surface area contributed by atoms with E-state index in [1.807, 2.05) is 6.07 Å². The van der Waals surface area contributed by atoms with Crippen LogP contribution >= 0.6 is 0 Å². The average Bonchev–Trinajstić information content (AvgIpc) is 3.06. The lowest BCUT2D eigenvalue weighted by Gasteiger charge is -2.36. The number of hydrogen-bond acceptors (Lipinski definition) is 9. The number of nitrogens with zero attached hydrogens (tertiary/aromatic N) is 5. The summed E-state index contributed by atoms with van der Waals surface area (Å²) < 4.78 is 38.5. The number of nitrogens with one attached hydrogen (secondary N) is 1. The monoisotopic (exact) mass is 686 g/mol. The number of carboxylic acids is 1. The Hall–Kier alpha value is -5.30. The van der Waals surface area contributed by atoms with Crippen LogP contribution in [0.5, 0.6) is 0 Å². The molecule has 0 saturated carbocycles. The first kappa shape index (κ1) is 35.0. The van der Waals surface area contributed by atoms with E-state index in [9.17, 15) is 22.4 Å². The molecular formula is C36H39FN6O5S. The number of carbonyl (C=O) groups is 2. The second-order valence-corrected chi connectivity index (χ2v) is 14.4. The van der Waals surface area contributed by atoms with Gasteiger partial charge in [0.05, 0.1) is 34.7 Å². The van der Waals surface area contributed by atoms with Crippen molar-refractivity contribution in [2.45, 2.75) is 38.8 Å². The molecule has 2 atom stereocenters. The van der Waals surface area contributed by atoms with Crippen molar-refractivity contribution < 1.29 is 28.9 Å². The van der Waals surface area contributed by atoms with Crippen molar-refractivity contribution in [3.8, 4) is 11.4 Å². The Morgan fingerprint density at radius 2 is 1.65 bits per heavy atom. The lowest BCUT2D eigenvalue weighted by Crippen LogP contribution is -2.39. The van der Waals surface area contributed by atoms with E-state index in [1.165, 1.54) is 24.3 Å². The lowest BCUT2D eigenvalue weighted by atomic mass is 9.92. The molecular weight excluding hydrogens is 647 g/mol. The predicted molar refractivity (Wildman–Crippen MR) is 187 cm³/mol. The number of fused-ring (bicyclic) bond motifs is 1. The lowest BCUT2D eigenvalue weighted by molar-refractivity contribution is 0.0696. The second kappa shape index (κ2) is 14.9. The zero-order chi connectivity index (χ0) is 35.3. The van der Waals surface area contributed by atoms with Crippen LogP contribution < -0.4 is 10.2 Å². The Labute approximate surface area is 285 Å². The van der Waals surface area contributed by atoms with Crippen LogP contribution in [-0.4, -0.2) is 64.7 Å². The van der Waals surface area contributed by atoms with E-state index in [1.54, 1.807) is 55.6 Å². The van der Waals surface area contributed by atoms with Gasteiger partial charge in [-0.3, -0.25) is 9.78 Å². The summed E-state index contributed by atoms with van der Waals surface area (Å²) >= 11 is 0. The molecule has 13 heteroatoms. The van der Waals surface area contributed by atoms with Crippen molar-refractivity contribution >= 4 is 38.4 Å². The molecule has 5 heterocycles. The first-order valence-electron chi connectivity index (χ1n) is 15.7. The SMILES string of the molecule is Cc1cc(C(=O)NCc2cc3nc(-c4cc(F)cc(N5C[C@H](C)C[C@H](C)C5)n4)ccc3cn2)cc(S(C)(=O)=O)n1.O=C(O)c1ccccc1.[HH]. The van der Waals surface area contributed by atoms with Crippen LogP contribution in [0.25, 0.3) is 22.3 Å². The van der Waals surface area contributed by atoms with Crippen LogP contribution in [0.15, 0.2) is 84.0 Å². The van der Waals surface area contributed by atoms with Gasteiger partial charge in [-0.15, -0.1) is 0 Å². The number of benzene rings is 1. The van der Waals surface area contributed by atoms with Gasteiger partial charge >= 0.3 is 5.97 Å². The average molecular weight is 687 g/mol. The summed E-state index contributed by atoms with van der Waals surface area (Å²) in [6, 6.07) is 19.3. The quantitative estimate of drug-likeness (QED) is 0.209. The number of pyridine rings is 4. The van der Waals surface area contributed by atoms with E-state index in [-0.39, 0.29) is 24.4 Å². The zero-order valence-electron chi connectivity index (χ0n) is 27.6. The van der Waals surface area contributed by atoms with E-state index < -0.39 is 21.7 Å². The summed E-state index contributed by atoms with van der Waals surface area (Å²) in [6.45, 7) is 7.80. The maximum Gasteiger partial charge on any atom is 0.335 e.